The van der Waals surface area contributed by atoms with Crippen LogP contribution in [0.4, 0.5) is 0 Å². The fourth-order valence-corrected chi connectivity index (χ4v) is 3.28. The number of hydrogen-bond donors (Lipinski definition) is 3. The van der Waals surface area contributed by atoms with Crippen molar-refractivity contribution in [3.8, 4) is 0 Å². The molecule has 1 unspecified atom stereocenters. The molecule has 0 aliphatic carbocycles. The smallest absolute Gasteiger partial charge is 0.243 e. The van der Waals surface area contributed by atoms with Crippen LogP contribution in [0.3, 0.4) is 0 Å². The van der Waals surface area contributed by atoms with Crippen LogP contribution < -0.4 is 5.48 Å². The van der Waals surface area contributed by atoms with E-state index in [2.05, 4.69) is 25.9 Å². The monoisotopic (exact) mass is 353 g/mol. The van der Waals surface area contributed by atoms with Gasteiger partial charge in [-0.2, -0.15) is 0 Å². The van der Waals surface area contributed by atoms with Crippen LogP contribution in [-0.2, 0) is 4.79 Å². The maximum atomic E-state index is 11.0. The van der Waals surface area contributed by atoms with Gasteiger partial charge in [0.05, 0.1) is 6.61 Å². The molecule has 8 heteroatoms. The first-order chi connectivity index (χ1) is 12.2. The number of piperazine rings is 1. The van der Waals surface area contributed by atoms with Crippen LogP contribution in [0.1, 0.15) is 32.1 Å². The Morgan fingerprint density at radius 2 is 1.88 bits per heavy atom. The SMILES string of the molecule is O=C(CCCCCCN1C=CC=NC1N1CCN(CCO)CC1)NO. The van der Waals surface area contributed by atoms with E-state index in [0.29, 0.717) is 6.42 Å². The van der Waals surface area contributed by atoms with Gasteiger partial charge in [0.1, 0.15) is 0 Å². The maximum absolute atomic E-state index is 11.0. The second kappa shape index (κ2) is 11.2. The largest absolute Gasteiger partial charge is 0.395 e. The van der Waals surface area contributed by atoms with Crippen LogP contribution >= 0.6 is 0 Å². The van der Waals surface area contributed by atoms with E-state index in [1.807, 2.05) is 12.3 Å². The highest BCUT2D eigenvalue weighted by atomic mass is 16.5. The van der Waals surface area contributed by atoms with Crippen LogP contribution in [0.25, 0.3) is 0 Å². The number of aliphatic hydroxyl groups is 1. The van der Waals surface area contributed by atoms with E-state index < -0.39 is 0 Å². The van der Waals surface area contributed by atoms with Gasteiger partial charge in [-0.25, -0.2) is 5.48 Å². The molecular weight excluding hydrogens is 322 g/mol. The highest BCUT2D eigenvalue weighted by Crippen LogP contribution is 2.16. The van der Waals surface area contributed by atoms with E-state index in [9.17, 15) is 4.79 Å². The van der Waals surface area contributed by atoms with Gasteiger partial charge in [-0.05, 0) is 18.9 Å². The van der Waals surface area contributed by atoms with Gasteiger partial charge in [0.15, 0.2) is 6.29 Å². The minimum atomic E-state index is -0.311. The average molecular weight is 353 g/mol. The molecule has 0 aromatic carbocycles. The topological polar surface area (TPSA) is 91.6 Å². The Bertz CT molecular complexity index is 450. The van der Waals surface area contributed by atoms with E-state index in [0.717, 1.165) is 65.0 Å². The van der Waals surface area contributed by atoms with Crippen molar-refractivity contribution in [2.75, 3.05) is 45.9 Å². The molecule has 3 N–H and O–H groups in total. The van der Waals surface area contributed by atoms with Gasteiger partial charge in [0.25, 0.3) is 0 Å². The highest BCUT2D eigenvalue weighted by molar-refractivity contribution is 5.74. The first-order valence-corrected chi connectivity index (χ1v) is 9.20. The third-order valence-electron chi connectivity index (χ3n) is 4.72. The van der Waals surface area contributed by atoms with Crippen molar-refractivity contribution >= 4 is 12.1 Å². The lowest BCUT2D eigenvalue weighted by atomic mass is 10.1. The first kappa shape index (κ1) is 19.8. The zero-order valence-electron chi connectivity index (χ0n) is 14.9. The standard InChI is InChI=1S/C17H31N5O3/c23-15-14-20-10-12-22(13-11-20)17-18-7-5-9-21(17)8-4-2-1-3-6-16(24)19-25/h5,7,9,17,23,25H,1-4,6,8,10-15H2,(H,19,24). The first-order valence-electron chi connectivity index (χ1n) is 9.20. The predicted molar refractivity (Wildman–Crippen MR) is 96.2 cm³/mol. The molecule has 2 aliphatic heterocycles. The van der Waals surface area contributed by atoms with Crippen molar-refractivity contribution in [2.45, 2.75) is 38.4 Å². The van der Waals surface area contributed by atoms with Gasteiger partial charge >= 0.3 is 0 Å². The highest BCUT2D eigenvalue weighted by Gasteiger charge is 2.26. The summed E-state index contributed by atoms with van der Waals surface area (Å²) < 4.78 is 0. The lowest BCUT2D eigenvalue weighted by Gasteiger charge is -2.42. The molecule has 0 bridgehead atoms. The summed E-state index contributed by atoms with van der Waals surface area (Å²) in [5, 5.41) is 17.5. The van der Waals surface area contributed by atoms with Crippen molar-refractivity contribution in [1.29, 1.82) is 0 Å². The van der Waals surface area contributed by atoms with Crippen LogP contribution in [0.5, 0.6) is 0 Å². The molecule has 1 amide bonds. The third-order valence-corrected chi connectivity index (χ3v) is 4.72. The van der Waals surface area contributed by atoms with E-state index in [1.54, 1.807) is 5.48 Å². The van der Waals surface area contributed by atoms with Crippen LogP contribution in [0, 0.1) is 0 Å². The number of rotatable bonds is 10. The molecule has 2 aliphatic rings. The summed E-state index contributed by atoms with van der Waals surface area (Å²) in [4.78, 5) is 22.6. The lowest BCUT2D eigenvalue weighted by Crippen LogP contribution is -2.55. The number of hydroxylamine groups is 1. The molecule has 1 saturated heterocycles. The summed E-state index contributed by atoms with van der Waals surface area (Å²) >= 11 is 0. The van der Waals surface area contributed by atoms with Gasteiger partial charge in [-0.1, -0.05) is 12.8 Å². The van der Waals surface area contributed by atoms with Gasteiger partial charge in [0, 0.05) is 58.1 Å². The molecule has 1 fully saturated rings. The molecule has 0 saturated carbocycles. The van der Waals surface area contributed by atoms with Crippen molar-refractivity contribution < 1.29 is 15.1 Å². The summed E-state index contributed by atoms with van der Waals surface area (Å²) in [5.41, 5.74) is 1.67. The molecule has 142 valence electrons. The molecule has 0 spiro atoms. The Balaban J connectivity index is 1.68. The molecule has 0 aromatic rings. The molecule has 8 nitrogen and oxygen atoms in total. The third kappa shape index (κ3) is 6.74. The number of carbonyl (C=O) groups excluding carboxylic acids is 1. The van der Waals surface area contributed by atoms with Crippen LogP contribution in [0.15, 0.2) is 17.3 Å². The van der Waals surface area contributed by atoms with Gasteiger partial charge < -0.3 is 10.0 Å². The number of carbonyl (C=O) groups is 1. The molecule has 2 heterocycles. The maximum Gasteiger partial charge on any atom is 0.243 e. The minimum Gasteiger partial charge on any atom is -0.395 e. The number of allylic oxidation sites excluding steroid dienone is 1. The molecule has 2 rings (SSSR count). The quantitative estimate of drug-likeness (QED) is 0.296. The molecule has 0 aromatic heterocycles. The van der Waals surface area contributed by atoms with E-state index in [4.69, 9.17) is 10.3 Å². The Kier molecular flexibility index (Phi) is 8.89. The number of aliphatic hydroxyl groups excluding tert-OH is 1. The second-order valence-electron chi connectivity index (χ2n) is 6.52. The Hall–Kier alpha value is -1.48. The fourth-order valence-electron chi connectivity index (χ4n) is 3.28. The van der Waals surface area contributed by atoms with Crippen molar-refractivity contribution in [3.05, 3.63) is 12.3 Å². The van der Waals surface area contributed by atoms with Crippen LogP contribution in [0.2, 0.25) is 0 Å². The van der Waals surface area contributed by atoms with E-state index in [-0.39, 0.29) is 18.8 Å². The summed E-state index contributed by atoms with van der Waals surface area (Å²) in [6.45, 7) is 5.77. The molecular formula is C17H31N5O3. The lowest BCUT2D eigenvalue weighted by molar-refractivity contribution is -0.129. The zero-order chi connectivity index (χ0) is 17.9. The second-order valence-corrected chi connectivity index (χ2v) is 6.52. The van der Waals surface area contributed by atoms with Gasteiger partial charge in [-0.15, -0.1) is 0 Å². The van der Waals surface area contributed by atoms with Gasteiger partial charge in [-0.3, -0.25) is 24.8 Å². The normalized spacial score (nSPS) is 21.7. The van der Waals surface area contributed by atoms with Crippen molar-refractivity contribution in [1.82, 2.24) is 20.2 Å². The number of nitrogens with zero attached hydrogens (tertiary/aromatic N) is 4. The number of amides is 1. The zero-order valence-corrected chi connectivity index (χ0v) is 14.9. The Labute approximate surface area is 149 Å². The minimum absolute atomic E-state index is 0.0708. The number of hydrogen-bond acceptors (Lipinski definition) is 7. The molecule has 0 radical (unpaired) electrons. The molecule has 1 atom stereocenters. The Morgan fingerprint density at radius 3 is 2.60 bits per heavy atom. The van der Waals surface area contributed by atoms with E-state index in [1.165, 1.54) is 0 Å². The summed E-state index contributed by atoms with van der Waals surface area (Å²) in [6, 6.07) is 0. The average Bonchev–Trinajstić information content (AvgIpc) is 2.65. The Morgan fingerprint density at radius 1 is 1.12 bits per heavy atom. The van der Waals surface area contributed by atoms with Crippen molar-refractivity contribution in [3.63, 3.8) is 0 Å². The fraction of sp³-hybridized carbons (Fsp3) is 0.765. The number of unbranched alkanes of at least 4 members (excludes halogenated alkanes) is 3. The van der Waals surface area contributed by atoms with Crippen molar-refractivity contribution in [2.24, 2.45) is 4.99 Å². The summed E-state index contributed by atoms with van der Waals surface area (Å²) in [6.07, 6.45) is 10.3. The number of β-amino-alcohol motifs (C(OH)–C–C–N with tert-alkyl or cyclic N) is 1. The number of aliphatic imine (C=N–C) groups is 1. The van der Waals surface area contributed by atoms with E-state index >= 15 is 0 Å². The van der Waals surface area contributed by atoms with Gasteiger partial charge in [0.2, 0.25) is 5.91 Å². The van der Waals surface area contributed by atoms with Crippen LogP contribution in [-0.4, -0.2) is 89.3 Å². The predicted octanol–water partition coefficient (Wildman–Crippen LogP) is 0.236. The summed E-state index contributed by atoms with van der Waals surface area (Å²) in [7, 11) is 0. The summed E-state index contributed by atoms with van der Waals surface area (Å²) in [5.74, 6) is -0.311. The number of nitrogens with one attached hydrogen (secondary N) is 1. The molecule has 25 heavy (non-hydrogen) atoms.